The third kappa shape index (κ3) is 33.1. The minimum Gasteiger partial charge on any atom is -0.385 e. The lowest BCUT2D eigenvalue weighted by molar-refractivity contribution is -0.127. The minimum absolute atomic E-state index is 0.0672. The van der Waals surface area contributed by atoms with Crippen LogP contribution < -0.4 is 0 Å². The van der Waals surface area contributed by atoms with Gasteiger partial charge < -0.3 is 5.11 Å². The molecule has 0 aliphatic rings. The van der Waals surface area contributed by atoms with Gasteiger partial charge in [-0.1, -0.05) is 159 Å². The van der Waals surface area contributed by atoms with E-state index in [1.807, 2.05) is 0 Å². The van der Waals surface area contributed by atoms with Gasteiger partial charge in [0.2, 0.25) is 0 Å². The molecule has 0 saturated carbocycles. The van der Waals surface area contributed by atoms with Crippen LogP contribution >= 0.6 is 0 Å². The van der Waals surface area contributed by atoms with Gasteiger partial charge in [0.25, 0.3) is 0 Å². The molecule has 2 nitrogen and oxygen atoms in total. The summed E-state index contributed by atoms with van der Waals surface area (Å²) >= 11 is 0. The van der Waals surface area contributed by atoms with E-state index < -0.39 is 6.10 Å². The van der Waals surface area contributed by atoms with Gasteiger partial charge in [-0.15, -0.1) is 0 Å². The van der Waals surface area contributed by atoms with Crippen molar-refractivity contribution >= 4 is 5.78 Å². The number of Topliss-reactive ketones (excluding diaryl/α,β-unsaturated/α-hetero) is 1. The topological polar surface area (TPSA) is 37.3 Å². The van der Waals surface area contributed by atoms with Gasteiger partial charge >= 0.3 is 0 Å². The Labute approximate surface area is 263 Å². The van der Waals surface area contributed by atoms with Gasteiger partial charge in [0.15, 0.2) is 5.78 Å². The normalized spacial score (nSPS) is 13.0. The van der Waals surface area contributed by atoms with Crippen LogP contribution in [0, 0.1) is 0 Å². The monoisotopic (exact) mass is 585 g/mol. The summed E-state index contributed by atoms with van der Waals surface area (Å²) < 4.78 is 0. The van der Waals surface area contributed by atoms with Crippen molar-refractivity contribution in [1.29, 1.82) is 0 Å². The van der Waals surface area contributed by atoms with Gasteiger partial charge in [-0.25, -0.2) is 0 Å². The first-order valence-corrected chi connectivity index (χ1v) is 18.5. The summed E-state index contributed by atoms with van der Waals surface area (Å²) in [5.74, 6) is 0.0672. The smallest absolute Gasteiger partial charge is 0.161 e. The molecule has 2 heteroatoms. The molecular weight excluding hydrogens is 512 g/mol. The molecule has 0 saturated heterocycles. The number of allylic oxidation sites excluding steroid dienone is 8. The first kappa shape index (κ1) is 40.6. The number of hydrogen-bond acceptors (Lipinski definition) is 2. The third-order valence-corrected chi connectivity index (χ3v) is 8.17. The van der Waals surface area contributed by atoms with E-state index >= 15 is 0 Å². The Bertz CT molecular complexity index is 657. The highest BCUT2D eigenvalue weighted by molar-refractivity contribution is 5.82. The van der Waals surface area contributed by atoms with Crippen LogP contribution in [-0.2, 0) is 4.79 Å². The number of hydrogen-bond donors (Lipinski definition) is 1. The summed E-state index contributed by atoms with van der Waals surface area (Å²) in [4.78, 5) is 12.2. The highest BCUT2D eigenvalue weighted by Gasteiger charge is 2.13. The number of aliphatic hydroxyl groups excluding tert-OH is 1. The van der Waals surface area contributed by atoms with Crippen molar-refractivity contribution in [3.63, 3.8) is 0 Å². The molecule has 0 amide bonds. The van der Waals surface area contributed by atoms with Crippen LogP contribution in [0.2, 0.25) is 0 Å². The summed E-state index contributed by atoms with van der Waals surface area (Å²) in [7, 11) is 0. The van der Waals surface area contributed by atoms with Gasteiger partial charge in [-0.05, 0) is 77.0 Å². The molecular formula is C40H72O2. The Morgan fingerprint density at radius 2 is 0.786 bits per heavy atom. The fourth-order valence-corrected chi connectivity index (χ4v) is 5.29. The average molecular weight is 585 g/mol. The molecule has 0 aliphatic carbocycles. The molecule has 244 valence electrons. The van der Waals surface area contributed by atoms with E-state index in [0.717, 1.165) is 38.5 Å². The summed E-state index contributed by atoms with van der Waals surface area (Å²) in [5.41, 5.74) is 0. The molecule has 0 heterocycles. The van der Waals surface area contributed by atoms with Crippen molar-refractivity contribution in [2.75, 3.05) is 0 Å². The molecule has 1 unspecified atom stereocenters. The fraction of sp³-hybridized carbons (Fsp3) is 0.775. The molecule has 0 radical (unpaired) electrons. The maximum Gasteiger partial charge on any atom is 0.161 e. The number of aliphatic hydroxyl groups is 1. The molecule has 1 N–H and O–H groups in total. The van der Waals surface area contributed by atoms with E-state index in [4.69, 9.17) is 0 Å². The SMILES string of the molecule is CCCCCC=CCC=CCCCCCCCCCC(=O)C(O)CCCCCCCCCC=CCC=CCCCCC. The first-order valence-electron chi connectivity index (χ1n) is 18.5. The van der Waals surface area contributed by atoms with Crippen molar-refractivity contribution in [3.8, 4) is 0 Å². The predicted molar refractivity (Wildman–Crippen MR) is 188 cm³/mol. The van der Waals surface area contributed by atoms with Crippen LogP contribution in [0.3, 0.4) is 0 Å². The van der Waals surface area contributed by atoms with Crippen LogP contribution in [0.15, 0.2) is 48.6 Å². The van der Waals surface area contributed by atoms with Crippen molar-refractivity contribution in [3.05, 3.63) is 48.6 Å². The Kier molecular flexibility index (Phi) is 34.6. The quantitative estimate of drug-likeness (QED) is 0.0615. The predicted octanol–water partition coefficient (Wildman–Crippen LogP) is 13.1. The second kappa shape index (κ2) is 35.8. The first-order chi connectivity index (χ1) is 20.7. The lowest BCUT2D eigenvalue weighted by atomic mass is 10.0. The van der Waals surface area contributed by atoms with Gasteiger partial charge in [-0.2, -0.15) is 0 Å². The molecule has 0 aromatic rings. The zero-order valence-corrected chi connectivity index (χ0v) is 28.4. The lowest BCUT2D eigenvalue weighted by Gasteiger charge is -2.09. The second-order valence-corrected chi connectivity index (χ2v) is 12.4. The average Bonchev–Trinajstić information content (AvgIpc) is 3.00. The molecule has 1 atom stereocenters. The minimum atomic E-state index is -0.729. The zero-order valence-electron chi connectivity index (χ0n) is 28.4. The van der Waals surface area contributed by atoms with E-state index in [1.54, 1.807) is 0 Å². The van der Waals surface area contributed by atoms with E-state index in [-0.39, 0.29) is 5.78 Å². The Morgan fingerprint density at radius 1 is 0.452 bits per heavy atom. The van der Waals surface area contributed by atoms with Crippen molar-refractivity contribution < 1.29 is 9.90 Å². The van der Waals surface area contributed by atoms with E-state index in [1.165, 1.54) is 128 Å². The van der Waals surface area contributed by atoms with Crippen molar-refractivity contribution in [2.24, 2.45) is 0 Å². The maximum atomic E-state index is 12.2. The molecule has 0 spiro atoms. The van der Waals surface area contributed by atoms with Crippen molar-refractivity contribution in [2.45, 2.75) is 200 Å². The highest BCUT2D eigenvalue weighted by atomic mass is 16.3. The van der Waals surface area contributed by atoms with Gasteiger partial charge in [0.1, 0.15) is 6.10 Å². The summed E-state index contributed by atoms with van der Waals surface area (Å²) in [6.45, 7) is 4.51. The molecule has 42 heavy (non-hydrogen) atoms. The second-order valence-electron chi connectivity index (χ2n) is 12.4. The maximum absolute atomic E-state index is 12.2. The molecule has 0 aromatic heterocycles. The summed E-state index contributed by atoms with van der Waals surface area (Å²) in [5, 5.41) is 10.2. The molecule has 0 fully saturated rings. The van der Waals surface area contributed by atoms with E-state index in [0.29, 0.717) is 12.8 Å². The third-order valence-electron chi connectivity index (χ3n) is 8.17. The summed E-state index contributed by atoms with van der Waals surface area (Å²) in [6, 6.07) is 0. The number of ketones is 1. The molecule has 0 rings (SSSR count). The Hall–Kier alpha value is -1.41. The van der Waals surface area contributed by atoms with E-state index in [9.17, 15) is 9.90 Å². The van der Waals surface area contributed by atoms with Gasteiger partial charge in [0, 0.05) is 6.42 Å². The van der Waals surface area contributed by atoms with Crippen molar-refractivity contribution in [1.82, 2.24) is 0 Å². The fourth-order valence-electron chi connectivity index (χ4n) is 5.29. The number of unbranched alkanes of at least 4 members (excludes halogenated alkanes) is 20. The van der Waals surface area contributed by atoms with E-state index in [2.05, 4.69) is 62.5 Å². The zero-order chi connectivity index (χ0) is 30.6. The molecule has 0 bridgehead atoms. The summed E-state index contributed by atoms with van der Waals surface area (Å²) in [6.07, 6.45) is 51.0. The molecule has 0 aliphatic heterocycles. The van der Waals surface area contributed by atoms with Gasteiger partial charge in [0.05, 0.1) is 0 Å². The number of rotatable bonds is 33. The standard InChI is InChI=1S/C40H72O2/c1-3-5-7-9-11-13-15-17-19-21-23-25-27-29-31-33-35-37-39(41)40(42)38-36-34-32-30-28-26-24-22-20-18-16-14-12-10-8-6-4-2/h11-14,17-20,39,41H,3-10,15-16,21-38H2,1-2H3. The van der Waals surface area contributed by atoms with Crippen LogP contribution in [0.1, 0.15) is 194 Å². The van der Waals surface area contributed by atoms with Crippen LogP contribution in [0.4, 0.5) is 0 Å². The van der Waals surface area contributed by atoms with Crippen LogP contribution in [0.5, 0.6) is 0 Å². The lowest BCUT2D eigenvalue weighted by Crippen LogP contribution is -2.19. The largest absolute Gasteiger partial charge is 0.385 e. The van der Waals surface area contributed by atoms with Crippen LogP contribution in [-0.4, -0.2) is 17.0 Å². The highest BCUT2D eigenvalue weighted by Crippen LogP contribution is 2.14. The van der Waals surface area contributed by atoms with Gasteiger partial charge in [-0.3, -0.25) is 4.79 Å². The Balaban J connectivity index is 3.40. The Morgan fingerprint density at radius 3 is 1.19 bits per heavy atom. The van der Waals surface area contributed by atoms with Crippen LogP contribution in [0.25, 0.3) is 0 Å². The number of carbonyl (C=O) groups excluding carboxylic acids is 1. The number of carbonyl (C=O) groups is 1. The molecule has 0 aromatic carbocycles.